The zero-order valence-corrected chi connectivity index (χ0v) is 9.28. The standard InChI is InChI=1S/C10H17NOS/c1-8-4-5-12-10(8)6-11-9(2)7-13-3/h4-5,9,11H,6-7H2,1-3H3. The largest absolute Gasteiger partial charge is 0.468 e. The number of furan rings is 1. The average molecular weight is 199 g/mol. The molecule has 0 radical (unpaired) electrons. The predicted octanol–water partition coefficient (Wildman–Crippen LogP) is 2.43. The van der Waals surface area contributed by atoms with Gasteiger partial charge in [-0.05, 0) is 31.7 Å². The molecule has 0 aromatic carbocycles. The average Bonchev–Trinajstić information content (AvgIpc) is 2.48. The molecule has 1 aromatic heterocycles. The summed E-state index contributed by atoms with van der Waals surface area (Å²) in [6.07, 6.45) is 3.86. The van der Waals surface area contributed by atoms with Gasteiger partial charge in [0.05, 0.1) is 12.8 Å². The molecule has 74 valence electrons. The van der Waals surface area contributed by atoms with E-state index in [9.17, 15) is 0 Å². The zero-order valence-electron chi connectivity index (χ0n) is 8.46. The van der Waals surface area contributed by atoms with Crippen LogP contribution in [0, 0.1) is 6.92 Å². The number of hydrogen-bond donors (Lipinski definition) is 1. The van der Waals surface area contributed by atoms with Crippen LogP contribution >= 0.6 is 11.8 Å². The van der Waals surface area contributed by atoms with Crippen LogP contribution in [0.1, 0.15) is 18.2 Å². The van der Waals surface area contributed by atoms with E-state index < -0.39 is 0 Å². The normalized spacial score (nSPS) is 13.2. The van der Waals surface area contributed by atoms with E-state index in [-0.39, 0.29) is 0 Å². The molecule has 0 amide bonds. The third-order valence-electron chi connectivity index (χ3n) is 2.00. The molecule has 1 heterocycles. The fourth-order valence-electron chi connectivity index (χ4n) is 1.16. The summed E-state index contributed by atoms with van der Waals surface area (Å²) in [5, 5.41) is 3.41. The SMILES string of the molecule is CSCC(C)NCc1occc1C. The topological polar surface area (TPSA) is 25.2 Å². The third kappa shape index (κ3) is 3.44. The van der Waals surface area contributed by atoms with Crippen molar-refractivity contribution in [1.29, 1.82) is 0 Å². The number of rotatable bonds is 5. The molecule has 1 rings (SSSR count). The molecule has 0 saturated carbocycles. The summed E-state index contributed by atoms with van der Waals surface area (Å²) in [6.45, 7) is 5.09. The molecule has 1 N–H and O–H groups in total. The first-order valence-electron chi connectivity index (χ1n) is 4.49. The minimum absolute atomic E-state index is 0.541. The van der Waals surface area contributed by atoms with Gasteiger partial charge in [0, 0.05) is 11.8 Å². The molecule has 0 saturated heterocycles. The van der Waals surface area contributed by atoms with E-state index in [1.165, 1.54) is 5.56 Å². The van der Waals surface area contributed by atoms with Crippen molar-refractivity contribution in [3.8, 4) is 0 Å². The van der Waals surface area contributed by atoms with Crippen LogP contribution in [0.2, 0.25) is 0 Å². The molecule has 0 aliphatic heterocycles. The Kier molecular flexibility index (Phi) is 4.39. The van der Waals surface area contributed by atoms with Gasteiger partial charge in [0.2, 0.25) is 0 Å². The Morgan fingerprint density at radius 1 is 1.62 bits per heavy atom. The highest BCUT2D eigenvalue weighted by molar-refractivity contribution is 7.98. The molecule has 0 aliphatic carbocycles. The highest BCUT2D eigenvalue weighted by Crippen LogP contribution is 2.08. The van der Waals surface area contributed by atoms with E-state index >= 15 is 0 Å². The first kappa shape index (κ1) is 10.7. The fourth-order valence-corrected chi connectivity index (χ4v) is 1.78. The quantitative estimate of drug-likeness (QED) is 0.788. The van der Waals surface area contributed by atoms with Crippen molar-refractivity contribution in [3.63, 3.8) is 0 Å². The molecule has 0 spiro atoms. The second-order valence-corrected chi connectivity index (χ2v) is 4.17. The molecule has 0 fully saturated rings. The van der Waals surface area contributed by atoms with Crippen LogP contribution in [0.3, 0.4) is 0 Å². The van der Waals surface area contributed by atoms with Crippen molar-refractivity contribution >= 4 is 11.8 Å². The zero-order chi connectivity index (χ0) is 9.68. The molecule has 13 heavy (non-hydrogen) atoms. The first-order valence-corrected chi connectivity index (χ1v) is 5.88. The van der Waals surface area contributed by atoms with E-state index in [1.54, 1.807) is 6.26 Å². The summed E-state index contributed by atoms with van der Waals surface area (Å²) >= 11 is 1.86. The molecule has 1 atom stereocenters. The lowest BCUT2D eigenvalue weighted by Gasteiger charge is -2.10. The Morgan fingerprint density at radius 3 is 2.92 bits per heavy atom. The molecule has 2 nitrogen and oxygen atoms in total. The lowest BCUT2D eigenvalue weighted by atomic mass is 10.2. The van der Waals surface area contributed by atoms with Gasteiger partial charge in [0.1, 0.15) is 5.76 Å². The second-order valence-electron chi connectivity index (χ2n) is 3.26. The van der Waals surface area contributed by atoms with Crippen molar-refractivity contribution in [1.82, 2.24) is 5.32 Å². The Balaban J connectivity index is 2.30. The van der Waals surface area contributed by atoms with Gasteiger partial charge in [-0.3, -0.25) is 0 Å². The summed E-state index contributed by atoms with van der Waals surface area (Å²) < 4.78 is 5.32. The molecule has 3 heteroatoms. The van der Waals surface area contributed by atoms with E-state index in [2.05, 4.69) is 25.4 Å². The fraction of sp³-hybridized carbons (Fsp3) is 0.600. The molecule has 1 aromatic rings. The first-order chi connectivity index (χ1) is 6.24. The Morgan fingerprint density at radius 2 is 2.38 bits per heavy atom. The van der Waals surface area contributed by atoms with E-state index in [0.29, 0.717) is 6.04 Å². The third-order valence-corrected chi connectivity index (χ3v) is 2.83. The van der Waals surface area contributed by atoms with Crippen molar-refractivity contribution in [2.75, 3.05) is 12.0 Å². The smallest absolute Gasteiger partial charge is 0.120 e. The Hall–Kier alpha value is -0.410. The van der Waals surface area contributed by atoms with Crippen LogP contribution < -0.4 is 5.32 Å². The maximum Gasteiger partial charge on any atom is 0.120 e. The monoisotopic (exact) mass is 199 g/mol. The summed E-state index contributed by atoms with van der Waals surface area (Å²) in [4.78, 5) is 0. The van der Waals surface area contributed by atoms with Gasteiger partial charge in [-0.15, -0.1) is 0 Å². The molecule has 1 unspecified atom stereocenters. The summed E-state index contributed by atoms with van der Waals surface area (Å²) in [5.74, 6) is 2.19. The van der Waals surface area contributed by atoms with Crippen LogP contribution in [-0.2, 0) is 6.54 Å². The summed E-state index contributed by atoms with van der Waals surface area (Å²) in [7, 11) is 0. The highest BCUT2D eigenvalue weighted by Gasteiger charge is 2.04. The van der Waals surface area contributed by atoms with Crippen LogP contribution in [0.5, 0.6) is 0 Å². The number of thioether (sulfide) groups is 1. The number of hydrogen-bond acceptors (Lipinski definition) is 3. The van der Waals surface area contributed by atoms with Crippen molar-refractivity contribution in [2.45, 2.75) is 26.4 Å². The molecular formula is C10H17NOS. The van der Waals surface area contributed by atoms with Crippen molar-refractivity contribution < 1.29 is 4.42 Å². The predicted molar refractivity (Wildman–Crippen MR) is 58.1 cm³/mol. The van der Waals surface area contributed by atoms with Crippen LogP contribution in [0.15, 0.2) is 16.7 Å². The van der Waals surface area contributed by atoms with Crippen LogP contribution in [0.4, 0.5) is 0 Å². The maximum atomic E-state index is 5.32. The summed E-state index contributed by atoms with van der Waals surface area (Å²) in [6, 6.07) is 2.54. The van der Waals surface area contributed by atoms with Crippen LogP contribution in [-0.4, -0.2) is 18.1 Å². The Labute approximate surface area is 84.1 Å². The Bertz CT molecular complexity index is 247. The van der Waals surface area contributed by atoms with E-state index in [4.69, 9.17) is 4.42 Å². The molecule has 0 aliphatic rings. The number of aryl methyl sites for hydroxylation is 1. The van der Waals surface area contributed by atoms with Gasteiger partial charge in [-0.1, -0.05) is 0 Å². The van der Waals surface area contributed by atoms with E-state index in [0.717, 1.165) is 18.1 Å². The second kappa shape index (κ2) is 5.35. The van der Waals surface area contributed by atoms with Gasteiger partial charge in [0.25, 0.3) is 0 Å². The van der Waals surface area contributed by atoms with Gasteiger partial charge in [-0.25, -0.2) is 0 Å². The van der Waals surface area contributed by atoms with Gasteiger partial charge in [-0.2, -0.15) is 11.8 Å². The highest BCUT2D eigenvalue weighted by atomic mass is 32.2. The lowest BCUT2D eigenvalue weighted by molar-refractivity contribution is 0.464. The lowest BCUT2D eigenvalue weighted by Crippen LogP contribution is -2.27. The minimum atomic E-state index is 0.541. The van der Waals surface area contributed by atoms with Crippen molar-refractivity contribution in [3.05, 3.63) is 23.7 Å². The molecule has 0 bridgehead atoms. The molecular weight excluding hydrogens is 182 g/mol. The van der Waals surface area contributed by atoms with E-state index in [1.807, 2.05) is 17.8 Å². The van der Waals surface area contributed by atoms with Gasteiger partial charge >= 0.3 is 0 Å². The van der Waals surface area contributed by atoms with Crippen molar-refractivity contribution in [2.24, 2.45) is 0 Å². The van der Waals surface area contributed by atoms with Crippen LogP contribution in [0.25, 0.3) is 0 Å². The maximum absolute atomic E-state index is 5.32. The number of nitrogens with one attached hydrogen (secondary N) is 1. The minimum Gasteiger partial charge on any atom is -0.468 e. The van der Waals surface area contributed by atoms with Gasteiger partial charge < -0.3 is 9.73 Å². The summed E-state index contributed by atoms with van der Waals surface area (Å²) in [5.41, 5.74) is 1.23. The van der Waals surface area contributed by atoms with Gasteiger partial charge in [0.15, 0.2) is 0 Å².